The average molecular weight is 197 g/mol. The Hall–Kier alpha value is -0.370. The topological polar surface area (TPSA) is 37.3 Å². The summed E-state index contributed by atoms with van der Waals surface area (Å²) in [5, 5.41) is 9.99. The summed E-state index contributed by atoms with van der Waals surface area (Å²) in [5.41, 5.74) is -0.421. The molecule has 0 saturated heterocycles. The summed E-state index contributed by atoms with van der Waals surface area (Å²) >= 11 is 0. The Balaban J connectivity index is 2.49. The number of hydrogen-bond acceptors (Lipinski definition) is 2. The highest BCUT2D eigenvalue weighted by Gasteiger charge is 2.36. The lowest BCUT2D eigenvalue weighted by Gasteiger charge is -2.40. The second-order valence-corrected chi connectivity index (χ2v) is 5.69. The number of carbonyl (C=O) groups excluding carboxylic acids is 1. The number of hydrogen-bond donors (Lipinski definition) is 1. The van der Waals surface area contributed by atoms with Gasteiger partial charge in [0, 0.05) is 6.42 Å². The molecule has 0 aromatic rings. The van der Waals surface area contributed by atoms with Gasteiger partial charge in [-0.3, -0.25) is 4.79 Å². The SMILES string of the molecule is CC(C)(C)C1CCC(O)(C[C]=O)CC1. The van der Waals surface area contributed by atoms with Crippen LogP contribution in [0, 0.1) is 11.3 Å². The van der Waals surface area contributed by atoms with Gasteiger partial charge in [-0.05, 0) is 37.0 Å². The second-order valence-electron chi connectivity index (χ2n) is 5.69. The van der Waals surface area contributed by atoms with Gasteiger partial charge in [0.05, 0.1) is 5.60 Å². The zero-order valence-corrected chi connectivity index (χ0v) is 9.47. The van der Waals surface area contributed by atoms with Gasteiger partial charge >= 0.3 is 0 Å². The van der Waals surface area contributed by atoms with E-state index in [0.717, 1.165) is 25.7 Å². The molecule has 0 unspecified atom stereocenters. The number of aliphatic hydroxyl groups is 1. The minimum Gasteiger partial charge on any atom is -0.389 e. The quantitative estimate of drug-likeness (QED) is 0.738. The Labute approximate surface area is 86.7 Å². The molecule has 81 valence electrons. The zero-order valence-electron chi connectivity index (χ0n) is 9.47. The van der Waals surface area contributed by atoms with E-state index < -0.39 is 5.60 Å². The van der Waals surface area contributed by atoms with Crippen LogP contribution in [-0.4, -0.2) is 17.0 Å². The largest absolute Gasteiger partial charge is 0.389 e. The van der Waals surface area contributed by atoms with Crippen molar-refractivity contribution >= 4 is 6.29 Å². The molecule has 0 spiro atoms. The van der Waals surface area contributed by atoms with Gasteiger partial charge in [0.1, 0.15) is 0 Å². The van der Waals surface area contributed by atoms with Crippen molar-refractivity contribution in [2.45, 2.75) is 58.5 Å². The van der Waals surface area contributed by atoms with E-state index in [4.69, 9.17) is 0 Å². The van der Waals surface area contributed by atoms with Crippen LogP contribution in [-0.2, 0) is 4.79 Å². The molecule has 14 heavy (non-hydrogen) atoms. The molecule has 1 fully saturated rings. The molecule has 1 radical (unpaired) electrons. The summed E-state index contributed by atoms with van der Waals surface area (Å²) in [4.78, 5) is 10.3. The van der Waals surface area contributed by atoms with E-state index in [-0.39, 0.29) is 6.42 Å². The normalized spacial score (nSPS) is 34.1. The van der Waals surface area contributed by atoms with Crippen molar-refractivity contribution in [2.75, 3.05) is 0 Å². The third-order valence-corrected chi connectivity index (χ3v) is 3.54. The smallest absolute Gasteiger partial charge is 0.201 e. The van der Waals surface area contributed by atoms with E-state index in [1.54, 1.807) is 0 Å². The number of rotatable bonds is 2. The average Bonchev–Trinajstić information content (AvgIpc) is 2.03. The molecular weight excluding hydrogens is 176 g/mol. The van der Waals surface area contributed by atoms with Crippen molar-refractivity contribution in [3.8, 4) is 0 Å². The first kappa shape index (κ1) is 11.7. The third kappa shape index (κ3) is 2.81. The third-order valence-electron chi connectivity index (χ3n) is 3.54. The Morgan fingerprint density at radius 2 is 1.86 bits per heavy atom. The lowest BCUT2D eigenvalue weighted by molar-refractivity contribution is -0.0193. The van der Waals surface area contributed by atoms with Crippen molar-refractivity contribution in [3.05, 3.63) is 0 Å². The van der Waals surface area contributed by atoms with Crippen LogP contribution in [0.2, 0.25) is 0 Å². The van der Waals surface area contributed by atoms with Crippen LogP contribution < -0.4 is 0 Å². The first-order chi connectivity index (χ1) is 6.37. The molecule has 0 amide bonds. The van der Waals surface area contributed by atoms with Gasteiger partial charge in [-0.15, -0.1) is 0 Å². The molecule has 1 aliphatic rings. The van der Waals surface area contributed by atoms with Crippen molar-refractivity contribution in [1.29, 1.82) is 0 Å². The Kier molecular flexibility index (Phi) is 3.36. The van der Waals surface area contributed by atoms with E-state index in [0.29, 0.717) is 11.3 Å². The van der Waals surface area contributed by atoms with E-state index in [9.17, 15) is 9.90 Å². The maximum absolute atomic E-state index is 10.3. The van der Waals surface area contributed by atoms with Crippen LogP contribution in [0.4, 0.5) is 0 Å². The fraction of sp³-hybridized carbons (Fsp3) is 0.917. The van der Waals surface area contributed by atoms with E-state index >= 15 is 0 Å². The summed E-state index contributed by atoms with van der Waals surface area (Å²) in [6.45, 7) is 6.73. The fourth-order valence-electron chi connectivity index (χ4n) is 2.33. The van der Waals surface area contributed by atoms with Crippen LogP contribution in [0.3, 0.4) is 0 Å². The lowest BCUT2D eigenvalue weighted by Crippen LogP contribution is -2.37. The van der Waals surface area contributed by atoms with Crippen molar-refractivity contribution < 1.29 is 9.90 Å². The molecule has 1 rings (SSSR count). The standard InChI is InChI=1S/C12H21O2/c1-11(2,3)10-4-6-12(14,7-5-10)8-9-13/h10,14H,4-8H2,1-3H3. The highest BCUT2D eigenvalue weighted by molar-refractivity contribution is 5.52. The highest BCUT2D eigenvalue weighted by atomic mass is 16.3. The van der Waals surface area contributed by atoms with Crippen LogP contribution in [0.5, 0.6) is 0 Å². The first-order valence-corrected chi connectivity index (χ1v) is 5.45. The minimum absolute atomic E-state index is 0.184. The van der Waals surface area contributed by atoms with Gasteiger partial charge in [-0.25, -0.2) is 0 Å². The molecule has 1 saturated carbocycles. The molecule has 0 aliphatic heterocycles. The van der Waals surface area contributed by atoms with E-state index in [2.05, 4.69) is 20.8 Å². The van der Waals surface area contributed by atoms with Crippen molar-refractivity contribution in [3.63, 3.8) is 0 Å². The molecule has 0 heterocycles. The summed E-state index contributed by atoms with van der Waals surface area (Å²) in [6.07, 6.45) is 5.58. The van der Waals surface area contributed by atoms with Gasteiger partial charge in [0.25, 0.3) is 0 Å². The van der Waals surface area contributed by atoms with Crippen LogP contribution in [0.15, 0.2) is 0 Å². The Bertz CT molecular complexity index is 195. The lowest BCUT2D eigenvalue weighted by atomic mass is 9.68. The van der Waals surface area contributed by atoms with E-state index in [1.165, 1.54) is 0 Å². The molecule has 1 N–H and O–H groups in total. The molecule has 2 heteroatoms. The minimum atomic E-state index is -0.747. The predicted octanol–water partition coefficient (Wildman–Crippen LogP) is 2.45. The highest BCUT2D eigenvalue weighted by Crippen LogP contribution is 2.42. The van der Waals surface area contributed by atoms with Crippen LogP contribution in [0.1, 0.15) is 52.9 Å². The molecule has 0 aromatic heterocycles. The van der Waals surface area contributed by atoms with Gasteiger partial charge in [-0.2, -0.15) is 0 Å². The summed E-state index contributed by atoms with van der Waals surface area (Å²) in [7, 11) is 0. The molecule has 0 atom stereocenters. The molecule has 1 aliphatic carbocycles. The summed E-state index contributed by atoms with van der Waals surface area (Å²) < 4.78 is 0. The van der Waals surface area contributed by atoms with Gasteiger partial charge in [0.2, 0.25) is 6.29 Å². The summed E-state index contributed by atoms with van der Waals surface area (Å²) in [6, 6.07) is 0. The predicted molar refractivity (Wildman–Crippen MR) is 56.7 cm³/mol. The second kappa shape index (κ2) is 4.01. The fourth-order valence-corrected chi connectivity index (χ4v) is 2.33. The first-order valence-electron chi connectivity index (χ1n) is 5.45. The molecule has 0 aromatic carbocycles. The summed E-state index contributed by atoms with van der Waals surface area (Å²) in [5.74, 6) is 0.675. The molecule has 0 bridgehead atoms. The van der Waals surface area contributed by atoms with Gasteiger partial charge in [0.15, 0.2) is 0 Å². The maximum Gasteiger partial charge on any atom is 0.201 e. The Morgan fingerprint density at radius 3 is 2.21 bits per heavy atom. The maximum atomic E-state index is 10.3. The van der Waals surface area contributed by atoms with Crippen molar-refractivity contribution in [1.82, 2.24) is 0 Å². The van der Waals surface area contributed by atoms with E-state index in [1.807, 2.05) is 6.29 Å². The van der Waals surface area contributed by atoms with Gasteiger partial charge in [-0.1, -0.05) is 20.8 Å². The zero-order chi connectivity index (χ0) is 10.8. The Morgan fingerprint density at radius 1 is 1.36 bits per heavy atom. The van der Waals surface area contributed by atoms with Crippen molar-refractivity contribution in [2.24, 2.45) is 11.3 Å². The van der Waals surface area contributed by atoms with Crippen LogP contribution in [0.25, 0.3) is 0 Å². The monoisotopic (exact) mass is 197 g/mol. The molecular formula is C12H21O2. The van der Waals surface area contributed by atoms with Crippen LogP contribution >= 0.6 is 0 Å². The van der Waals surface area contributed by atoms with Gasteiger partial charge < -0.3 is 5.11 Å². The molecule has 2 nitrogen and oxygen atoms in total.